The molecule has 1 saturated heterocycles. The van der Waals surface area contributed by atoms with E-state index in [0.29, 0.717) is 30.7 Å². The molecule has 1 unspecified atom stereocenters. The molecule has 0 bridgehead atoms. The molecule has 2 aliphatic heterocycles. The summed E-state index contributed by atoms with van der Waals surface area (Å²) in [6.45, 7) is 4.71. The Morgan fingerprint density at radius 2 is 1.96 bits per heavy atom. The summed E-state index contributed by atoms with van der Waals surface area (Å²) in [6, 6.07) is 0.319. The third-order valence-corrected chi connectivity index (χ3v) is 8.29. The van der Waals surface area contributed by atoms with E-state index in [0.717, 1.165) is 12.1 Å². The molecule has 0 aromatic rings. The second-order valence-corrected chi connectivity index (χ2v) is 10.6. The van der Waals surface area contributed by atoms with Gasteiger partial charge >= 0.3 is 0 Å². The van der Waals surface area contributed by atoms with Gasteiger partial charge in [-0.3, -0.25) is 4.99 Å². The molecule has 0 radical (unpaired) electrons. The van der Waals surface area contributed by atoms with Gasteiger partial charge in [-0.1, -0.05) is 19.3 Å². The molecule has 0 amide bonds. The Morgan fingerprint density at radius 1 is 1.26 bits per heavy atom. The Balaban J connectivity index is 1.75. The second kappa shape index (κ2) is 6.11. The molecule has 6 heteroatoms. The minimum Gasteiger partial charge on any atom is -0.396 e. The average molecular weight is 340 g/mol. The molecule has 1 aliphatic carbocycles. The zero-order valence-corrected chi connectivity index (χ0v) is 15.1. The molecule has 2 heterocycles. The lowest BCUT2D eigenvalue weighted by molar-refractivity contribution is 0.259. The summed E-state index contributed by atoms with van der Waals surface area (Å²) < 4.78 is 23.7. The molecule has 3 rings (SSSR count). The number of dihydropyridines is 1. The van der Waals surface area contributed by atoms with E-state index in [1.54, 1.807) is 0 Å². The van der Waals surface area contributed by atoms with Crippen LogP contribution < -0.4 is 5.73 Å². The fourth-order valence-corrected chi connectivity index (χ4v) is 5.48. The van der Waals surface area contributed by atoms with Gasteiger partial charge in [0, 0.05) is 31.4 Å². The van der Waals surface area contributed by atoms with E-state index < -0.39 is 14.6 Å². The van der Waals surface area contributed by atoms with E-state index in [4.69, 9.17) is 10.7 Å². The lowest BCUT2D eigenvalue weighted by atomic mass is 9.81. The van der Waals surface area contributed by atoms with Crippen LogP contribution in [0.25, 0.3) is 0 Å². The van der Waals surface area contributed by atoms with Gasteiger partial charge in [-0.25, -0.2) is 8.42 Å². The normalized spacial score (nSPS) is 31.4. The van der Waals surface area contributed by atoms with Crippen molar-refractivity contribution in [3.8, 4) is 0 Å². The van der Waals surface area contributed by atoms with Crippen LogP contribution in [0.1, 0.15) is 52.4 Å². The molecule has 1 atom stereocenters. The quantitative estimate of drug-likeness (QED) is 0.836. The Hall–Kier alpha value is -1.04. The lowest BCUT2D eigenvalue weighted by Crippen LogP contribution is -2.53. The minimum absolute atomic E-state index is 0.210. The highest BCUT2D eigenvalue weighted by Crippen LogP contribution is 2.35. The van der Waals surface area contributed by atoms with Crippen LogP contribution in [0.15, 0.2) is 16.4 Å². The van der Waals surface area contributed by atoms with Crippen LogP contribution in [0.5, 0.6) is 0 Å². The monoisotopic (exact) mass is 339 g/mol. The number of aliphatic imine (C=N–C) groups is 1. The Kier molecular flexibility index (Phi) is 4.47. The zero-order chi connectivity index (χ0) is 16.7. The summed E-state index contributed by atoms with van der Waals surface area (Å²) in [4.78, 5) is 6.88. The fraction of sp³-hybridized carbons (Fsp3) is 0.824. The predicted molar refractivity (Wildman–Crippen MR) is 94.1 cm³/mol. The molecular formula is C17H29N3O2S. The zero-order valence-electron chi connectivity index (χ0n) is 14.3. The standard InChI is InChI=1S/C17H29N3O2S/c1-17(2)12-20(8-9-23(17,21)22)16-10-15(19-11-14(16)18)13-6-4-3-5-7-13/h11,13,15H,3-10,12,18H2,1-2H3. The lowest BCUT2D eigenvalue weighted by Gasteiger charge is -2.42. The maximum Gasteiger partial charge on any atom is 0.158 e. The number of hydrogen-bond acceptors (Lipinski definition) is 5. The summed E-state index contributed by atoms with van der Waals surface area (Å²) >= 11 is 0. The summed E-state index contributed by atoms with van der Waals surface area (Å²) in [5.41, 5.74) is 8.02. The van der Waals surface area contributed by atoms with Gasteiger partial charge in [0.25, 0.3) is 0 Å². The Morgan fingerprint density at radius 3 is 2.61 bits per heavy atom. The third-order valence-electron chi connectivity index (χ3n) is 5.76. The minimum atomic E-state index is -3.02. The van der Waals surface area contributed by atoms with E-state index in [2.05, 4.69) is 4.90 Å². The predicted octanol–water partition coefficient (Wildman–Crippen LogP) is 2.09. The summed E-state index contributed by atoms with van der Waals surface area (Å²) in [5.74, 6) is 0.867. The van der Waals surface area contributed by atoms with Crippen LogP contribution in [0.4, 0.5) is 0 Å². The van der Waals surface area contributed by atoms with Gasteiger partial charge in [0.2, 0.25) is 0 Å². The highest BCUT2D eigenvalue weighted by Gasteiger charge is 2.41. The molecule has 130 valence electrons. The molecule has 0 aromatic heterocycles. The van der Waals surface area contributed by atoms with Crippen LogP contribution >= 0.6 is 0 Å². The number of rotatable bonds is 2. The van der Waals surface area contributed by atoms with E-state index in [1.807, 2.05) is 20.1 Å². The van der Waals surface area contributed by atoms with Crippen molar-refractivity contribution in [2.24, 2.45) is 16.6 Å². The van der Waals surface area contributed by atoms with E-state index in [1.165, 1.54) is 32.1 Å². The molecule has 0 aromatic carbocycles. The number of hydrogen-bond donors (Lipinski definition) is 1. The first-order valence-electron chi connectivity index (χ1n) is 8.79. The first kappa shape index (κ1) is 16.8. The van der Waals surface area contributed by atoms with Crippen LogP contribution in [-0.4, -0.2) is 49.2 Å². The number of nitrogens with zero attached hydrogens (tertiary/aromatic N) is 2. The van der Waals surface area contributed by atoms with Crippen molar-refractivity contribution < 1.29 is 8.42 Å². The Bertz CT molecular complexity index is 616. The molecular weight excluding hydrogens is 310 g/mol. The molecule has 0 spiro atoms. The number of allylic oxidation sites excluding steroid dienone is 1. The molecule has 1 saturated carbocycles. The smallest absolute Gasteiger partial charge is 0.158 e. The van der Waals surface area contributed by atoms with E-state index >= 15 is 0 Å². The molecule has 2 N–H and O–H groups in total. The van der Waals surface area contributed by atoms with Gasteiger partial charge in [0.1, 0.15) is 0 Å². The van der Waals surface area contributed by atoms with Gasteiger partial charge in [-0.05, 0) is 32.6 Å². The number of sulfone groups is 1. The Labute approximate surface area is 139 Å². The molecule has 2 fully saturated rings. The van der Waals surface area contributed by atoms with Crippen molar-refractivity contribution in [1.82, 2.24) is 4.90 Å². The molecule has 3 aliphatic rings. The SMILES string of the molecule is CC1(C)CN(C2=C(N)C=NC(C3CCCCC3)C2)CCS1(=O)=O. The van der Waals surface area contributed by atoms with Crippen molar-refractivity contribution in [2.75, 3.05) is 18.8 Å². The topological polar surface area (TPSA) is 75.8 Å². The highest BCUT2D eigenvalue weighted by molar-refractivity contribution is 7.92. The summed E-state index contributed by atoms with van der Waals surface area (Å²) in [7, 11) is -3.02. The highest BCUT2D eigenvalue weighted by atomic mass is 32.2. The van der Waals surface area contributed by atoms with Gasteiger partial charge in [0.05, 0.1) is 22.2 Å². The van der Waals surface area contributed by atoms with Crippen LogP contribution in [0, 0.1) is 5.92 Å². The first-order chi connectivity index (χ1) is 10.8. The second-order valence-electron chi connectivity index (χ2n) is 7.85. The number of nitrogens with two attached hydrogens (primary N) is 1. The van der Waals surface area contributed by atoms with Gasteiger partial charge in [0.15, 0.2) is 9.84 Å². The van der Waals surface area contributed by atoms with Crippen molar-refractivity contribution in [3.05, 3.63) is 11.4 Å². The average Bonchev–Trinajstić information content (AvgIpc) is 2.51. The van der Waals surface area contributed by atoms with Crippen molar-refractivity contribution in [1.29, 1.82) is 0 Å². The third kappa shape index (κ3) is 3.28. The van der Waals surface area contributed by atoms with Gasteiger partial charge in [-0.2, -0.15) is 0 Å². The van der Waals surface area contributed by atoms with Crippen LogP contribution in [-0.2, 0) is 9.84 Å². The summed E-state index contributed by atoms with van der Waals surface area (Å²) in [5, 5.41) is 0. The van der Waals surface area contributed by atoms with Crippen LogP contribution in [0.3, 0.4) is 0 Å². The molecule has 23 heavy (non-hydrogen) atoms. The van der Waals surface area contributed by atoms with E-state index in [9.17, 15) is 8.42 Å². The largest absolute Gasteiger partial charge is 0.396 e. The van der Waals surface area contributed by atoms with Gasteiger partial charge in [-0.15, -0.1) is 0 Å². The van der Waals surface area contributed by atoms with Crippen molar-refractivity contribution >= 4 is 16.1 Å². The maximum absolute atomic E-state index is 12.2. The fourth-order valence-electron chi connectivity index (χ4n) is 4.11. The van der Waals surface area contributed by atoms with Crippen molar-refractivity contribution in [3.63, 3.8) is 0 Å². The molecule has 5 nitrogen and oxygen atoms in total. The maximum atomic E-state index is 12.2. The van der Waals surface area contributed by atoms with E-state index in [-0.39, 0.29) is 5.75 Å². The summed E-state index contributed by atoms with van der Waals surface area (Å²) in [6.07, 6.45) is 9.15. The van der Waals surface area contributed by atoms with Gasteiger partial charge < -0.3 is 10.6 Å². The first-order valence-corrected chi connectivity index (χ1v) is 10.4. The van der Waals surface area contributed by atoms with Crippen LogP contribution in [0.2, 0.25) is 0 Å². The van der Waals surface area contributed by atoms with Crippen molar-refractivity contribution in [2.45, 2.75) is 63.2 Å².